The molecule has 2 heteroatoms. The molecule has 0 saturated carbocycles. The van der Waals surface area contributed by atoms with Gasteiger partial charge in [0.05, 0.1) is 0 Å². The highest BCUT2D eigenvalue weighted by Crippen LogP contribution is 2.29. The molecule has 0 spiro atoms. The Balaban J connectivity index is 2.63. The summed E-state index contributed by atoms with van der Waals surface area (Å²) in [6, 6.07) is 0.598. The Morgan fingerprint density at radius 3 is 1.93 bits per heavy atom. The molecule has 0 atom stereocenters. The van der Waals surface area contributed by atoms with Gasteiger partial charge in [0.25, 0.3) is 0 Å². The summed E-state index contributed by atoms with van der Waals surface area (Å²) in [6.07, 6.45) is 2.58. The Hall–Kier alpha value is -0.0800. The van der Waals surface area contributed by atoms with Crippen molar-refractivity contribution in [2.75, 3.05) is 20.1 Å². The molecular formula is C12H26N2. The Morgan fingerprint density at radius 1 is 1.07 bits per heavy atom. The fourth-order valence-corrected chi connectivity index (χ4v) is 2.48. The molecule has 0 bridgehead atoms. The second-order valence-corrected chi connectivity index (χ2v) is 5.41. The summed E-state index contributed by atoms with van der Waals surface area (Å²) in [5, 5.41) is 3.79. The first-order chi connectivity index (χ1) is 6.46. The van der Waals surface area contributed by atoms with Crippen LogP contribution in [0, 0.1) is 5.92 Å². The van der Waals surface area contributed by atoms with Crippen LogP contribution < -0.4 is 5.32 Å². The standard InChI is InChI=1S/C12H26N2/c1-10(2)12(13-11(3)4)6-8-14(5)9-7-12/h10-11,13H,6-9H2,1-5H3. The molecule has 1 N–H and O–H groups in total. The van der Waals surface area contributed by atoms with Crippen LogP contribution in [0.2, 0.25) is 0 Å². The van der Waals surface area contributed by atoms with Crippen molar-refractivity contribution in [1.29, 1.82) is 0 Å². The predicted octanol–water partition coefficient (Wildman–Crippen LogP) is 2.10. The van der Waals surface area contributed by atoms with Crippen LogP contribution in [0.25, 0.3) is 0 Å². The topological polar surface area (TPSA) is 15.3 Å². The summed E-state index contributed by atoms with van der Waals surface area (Å²) in [5.74, 6) is 0.735. The molecule has 0 amide bonds. The molecule has 0 aromatic heterocycles. The maximum Gasteiger partial charge on any atom is 0.0231 e. The third-order valence-corrected chi connectivity index (χ3v) is 3.56. The molecule has 1 fully saturated rings. The smallest absolute Gasteiger partial charge is 0.0231 e. The molecule has 0 aromatic rings. The summed E-state index contributed by atoms with van der Waals surface area (Å²) in [6.45, 7) is 11.7. The van der Waals surface area contributed by atoms with E-state index in [4.69, 9.17) is 0 Å². The minimum atomic E-state index is 0.390. The van der Waals surface area contributed by atoms with Crippen LogP contribution in [0.3, 0.4) is 0 Å². The number of piperidine rings is 1. The van der Waals surface area contributed by atoms with Gasteiger partial charge in [-0.1, -0.05) is 27.7 Å². The third kappa shape index (κ3) is 2.71. The van der Waals surface area contributed by atoms with Gasteiger partial charge in [-0.25, -0.2) is 0 Å². The summed E-state index contributed by atoms with van der Waals surface area (Å²) >= 11 is 0. The zero-order chi connectivity index (χ0) is 10.8. The van der Waals surface area contributed by atoms with Crippen LogP contribution in [0.4, 0.5) is 0 Å². The quantitative estimate of drug-likeness (QED) is 0.747. The summed E-state index contributed by atoms with van der Waals surface area (Å²) in [4.78, 5) is 2.43. The van der Waals surface area contributed by atoms with Gasteiger partial charge in [0.15, 0.2) is 0 Å². The Morgan fingerprint density at radius 2 is 1.57 bits per heavy atom. The van der Waals surface area contributed by atoms with Gasteiger partial charge in [-0.15, -0.1) is 0 Å². The van der Waals surface area contributed by atoms with Crippen LogP contribution in [-0.2, 0) is 0 Å². The van der Waals surface area contributed by atoms with Gasteiger partial charge in [-0.3, -0.25) is 0 Å². The zero-order valence-electron chi connectivity index (χ0n) is 10.4. The second kappa shape index (κ2) is 4.63. The molecule has 0 unspecified atom stereocenters. The molecule has 0 aromatic carbocycles. The lowest BCUT2D eigenvalue weighted by Crippen LogP contribution is -2.57. The first kappa shape index (κ1) is 12.0. The van der Waals surface area contributed by atoms with Crippen molar-refractivity contribution in [3.63, 3.8) is 0 Å². The molecule has 1 heterocycles. The van der Waals surface area contributed by atoms with Crippen molar-refractivity contribution in [3.8, 4) is 0 Å². The van der Waals surface area contributed by atoms with E-state index in [0.717, 1.165) is 5.92 Å². The van der Waals surface area contributed by atoms with E-state index in [1.54, 1.807) is 0 Å². The first-order valence-electron chi connectivity index (χ1n) is 5.92. The molecule has 2 nitrogen and oxygen atoms in total. The van der Waals surface area contributed by atoms with Gasteiger partial charge in [0.2, 0.25) is 0 Å². The van der Waals surface area contributed by atoms with Gasteiger partial charge in [-0.2, -0.15) is 0 Å². The van der Waals surface area contributed by atoms with Crippen molar-refractivity contribution in [3.05, 3.63) is 0 Å². The van der Waals surface area contributed by atoms with Crippen LogP contribution in [0.15, 0.2) is 0 Å². The van der Waals surface area contributed by atoms with Crippen molar-refractivity contribution in [2.45, 2.75) is 52.1 Å². The number of rotatable bonds is 3. The van der Waals surface area contributed by atoms with Crippen LogP contribution in [-0.4, -0.2) is 36.6 Å². The van der Waals surface area contributed by atoms with Gasteiger partial charge in [0, 0.05) is 11.6 Å². The van der Waals surface area contributed by atoms with Gasteiger partial charge in [-0.05, 0) is 38.9 Å². The lowest BCUT2D eigenvalue weighted by molar-refractivity contribution is 0.107. The van der Waals surface area contributed by atoms with E-state index in [0.29, 0.717) is 11.6 Å². The highest BCUT2D eigenvalue weighted by Gasteiger charge is 2.36. The van der Waals surface area contributed by atoms with Crippen molar-refractivity contribution in [2.24, 2.45) is 5.92 Å². The maximum absolute atomic E-state index is 3.79. The van der Waals surface area contributed by atoms with Crippen molar-refractivity contribution >= 4 is 0 Å². The molecule has 1 saturated heterocycles. The van der Waals surface area contributed by atoms with E-state index >= 15 is 0 Å². The van der Waals surface area contributed by atoms with Crippen LogP contribution >= 0.6 is 0 Å². The highest BCUT2D eigenvalue weighted by atomic mass is 15.1. The monoisotopic (exact) mass is 198 g/mol. The maximum atomic E-state index is 3.79. The van der Waals surface area contributed by atoms with Gasteiger partial charge >= 0.3 is 0 Å². The fraction of sp³-hybridized carbons (Fsp3) is 1.00. The van der Waals surface area contributed by atoms with Gasteiger partial charge < -0.3 is 10.2 Å². The summed E-state index contributed by atoms with van der Waals surface area (Å²) in [5.41, 5.74) is 0.390. The predicted molar refractivity (Wildman–Crippen MR) is 62.6 cm³/mol. The Kier molecular flexibility index (Phi) is 3.96. The molecule has 14 heavy (non-hydrogen) atoms. The SMILES string of the molecule is CC(C)NC1(C(C)C)CCN(C)CC1. The lowest BCUT2D eigenvalue weighted by atomic mass is 9.77. The van der Waals surface area contributed by atoms with Crippen LogP contribution in [0.1, 0.15) is 40.5 Å². The lowest BCUT2D eigenvalue weighted by Gasteiger charge is -2.45. The van der Waals surface area contributed by atoms with E-state index in [1.165, 1.54) is 25.9 Å². The first-order valence-corrected chi connectivity index (χ1v) is 5.92. The van der Waals surface area contributed by atoms with E-state index in [-0.39, 0.29) is 0 Å². The average Bonchev–Trinajstić information content (AvgIpc) is 2.08. The molecule has 0 radical (unpaired) electrons. The van der Waals surface area contributed by atoms with Crippen LogP contribution in [0.5, 0.6) is 0 Å². The number of hydrogen-bond donors (Lipinski definition) is 1. The molecule has 1 aliphatic heterocycles. The zero-order valence-corrected chi connectivity index (χ0v) is 10.4. The van der Waals surface area contributed by atoms with E-state index < -0.39 is 0 Å². The Bertz CT molecular complexity index is 167. The average molecular weight is 198 g/mol. The number of nitrogens with zero attached hydrogens (tertiary/aromatic N) is 1. The molecule has 1 aliphatic rings. The fourth-order valence-electron chi connectivity index (χ4n) is 2.48. The number of likely N-dealkylation sites (tertiary alicyclic amines) is 1. The van der Waals surface area contributed by atoms with E-state index in [1.807, 2.05) is 0 Å². The molecule has 84 valence electrons. The minimum absolute atomic E-state index is 0.390. The number of nitrogens with one attached hydrogen (secondary N) is 1. The summed E-state index contributed by atoms with van der Waals surface area (Å²) in [7, 11) is 2.22. The minimum Gasteiger partial charge on any atom is -0.309 e. The van der Waals surface area contributed by atoms with E-state index in [9.17, 15) is 0 Å². The normalized spacial score (nSPS) is 23.4. The second-order valence-electron chi connectivity index (χ2n) is 5.41. The van der Waals surface area contributed by atoms with E-state index in [2.05, 4.69) is 45.0 Å². The van der Waals surface area contributed by atoms with Crippen molar-refractivity contribution in [1.82, 2.24) is 10.2 Å². The molecule has 0 aliphatic carbocycles. The highest BCUT2D eigenvalue weighted by molar-refractivity contribution is 4.96. The number of hydrogen-bond acceptors (Lipinski definition) is 2. The Labute approximate surface area is 89.1 Å². The largest absolute Gasteiger partial charge is 0.309 e. The molecular weight excluding hydrogens is 172 g/mol. The molecule has 1 rings (SSSR count). The van der Waals surface area contributed by atoms with Gasteiger partial charge in [0.1, 0.15) is 0 Å². The third-order valence-electron chi connectivity index (χ3n) is 3.56. The summed E-state index contributed by atoms with van der Waals surface area (Å²) < 4.78 is 0. The van der Waals surface area contributed by atoms with Crippen molar-refractivity contribution < 1.29 is 0 Å².